The number of amides is 1. The van der Waals surface area contributed by atoms with Gasteiger partial charge in [-0.1, -0.05) is 12.1 Å². The number of hydrogen-bond donors (Lipinski definition) is 2. The van der Waals surface area contributed by atoms with E-state index >= 15 is 0 Å². The number of hydrogen-bond acceptors (Lipinski definition) is 8. The number of aromatic amines is 2. The zero-order valence-corrected chi connectivity index (χ0v) is 24.4. The van der Waals surface area contributed by atoms with Crippen molar-refractivity contribution >= 4 is 17.5 Å². The van der Waals surface area contributed by atoms with Gasteiger partial charge < -0.3 is 9.64 Å². The van der Waals surface area contributed by atoms with E-state index in [1.807, 2.05) is 0 Å². The van der Waals surface area contributed by atoms with Gasteiger partial charge in [-0.05, 0) is 50.2 Å². The number of carbonyl (C=O) groups excluding carboxylic acids is 3. The van der Waals surface area contributed by atoms with Crippen LogP contribution in [0.2, 0.25) is 0 Å². The molecule has 4 aromatic rings. The maximum atomic E-state index is 13.6. The molecule has 228 valence electrons. The van der Waals surface area contributed by atoms with Gasteiger partial charge in [-0.2, -0.15) is 0 Å². The van der Waals surface area contributed by atoms with Gasteiger partial charge in [0.25, 0.3) is 17.0 Å². The van der Waals surface area contributed by atoms with Gasteiger partial charge >= 0.3 is 11.4 Å². The smallest absolute Gasteiger partial charge is 0.328 e. The number of nitrogens with zero attached hydrogens (tertiary/aromatic N) is 3. The molecule has 2 aromatic heterocycles. The lowest BCUT2D eigenvalue weighted by Gasteiger charge is -2.24. The lowest BCUT2D eigenvalue weighted by Crippen LogP contribution is -2.41. The lowest BCUT2D eigenvalue weighted by molar-refractivity contribution is 0.0741. The summed E-state index contributed by atoms with van der Waals surface area (Å²) in [6, 6.07) is 12.3. The normalized spacial score (nSPS) is 10.8. The molecule has 1 amide bonds. The second-order valence-corrected chi connectivity index (χ2v) is 10.2. The average molecular weight is 602 g/mol. The first-order valence-electron chi connectivity index (χ1n) is 13.7. The Morgan fingerprint density at radius 1 is 0.682 bits per heavy atom. The monoisotopic (exact) mass is 601 g/mol. The molecular formula is C31H31N5O8. The van der Waals surface area contributed by atoms with Crippen molar-refractivity contribution in [2.75, 3.05) is 20.2 Å². The molecule has 4 rings (SSSR count). The second kappa shape index (κ2) is 13.6. The zero-order valence-electron chi connectivity index (χ0n) is 24.4. The molecular weight excluding hydrogens is 570 g/mol. The molecule has 13 nitrogen and oxygen atoms in total. The maximum Gasteiger partial charge on any atom is 0.328 e. The van der Waals surface area contributed by atoms with Gasteiger partial charge in [-0.3, -0.25) is 43.1 Å². The molecule has 0 aliphatic carbocycles. The molecule has 0 bridgehead atoms. The minimum absolute atomic E-state index is 0.0400. The van der Waals surface area contributed by atoms with Gasteiger partial charge in [0, 0.05) is 66.4 Å². The van der Waals surface area contributed by atoms with Crippen LogP contribution in [0.4, 0.5) is 0 Å². The van der Waals surface area contributed by atoms with E-state index in [-0.39, 0.29) is 49.5 Å². The van der Waals surface area contributed by atoms with Gasteiger partial charge in [0.05, 0.1) is 13.5 Å². The van der Waals surface area contributed by atoms with Crippen LogP contribution < -0.4 is 27.2 Å². The first kappa shape index (κ1) is 31.3. The molecule has 2 N–H and O–H groups in total. The van der Waals surface area contributed by atoms with E-state index in [1.165, 1.54) is 57.8 Å². The highest BCUT2D eigenvalue weighted by atomic mass is 16.5. The fraction of sp³-hybridized carbons (Fsp3) is 0.258. The number of methoxy groups -OCH3 is 1. The third kappa shape index (κ3) is 7.43. The van der Waals surface area contributed by atoms with Gasteiger partial charge in [0.2, 0.25) is 0 Å². The van der Waals surface area contributed by atoms with Crippen LogP contribution in [-0.4, -0.2) is 61.7 Å². The van der Waals surface area contributed by atoms with Crippen LogP contribution in [0.3, 0.4) is 0 Å². The average Bonchev–Trinajstić information content (AvgIpc) is 3.01. The molecule has 13 heteroatoms. The van der Waals surface area contributed by atoms with Crippen LogP contribution >= 0.6 is 0 Å². The van der Waals surface area contributed by atoms with E-state index in [4.69, 9.17) is 4.74 Å². The zero-order chi connectivity index (χ0) is 32.0. The minimum atomic E-state index is -0.632. The van der Waals surface area contributed by atoms with Crippen molar-refractivity contribution in [2.45, 2.75) is 33.4 Å². The van der Waals surface area contributed by atoms with Crippen molar-refractivity contribution in [2.24, 2.45) is 0 Å². The molecule has 2 heterocycles. The van der Waals surface area contributed by atoms with Gasteiger partial charge in [-0.25, -0.2) is 9.59 Å². The van der Waals surface area contributed by atoms with Crippen molar-refractivity contribution in [1.29, 1.82) is 0 Å². The third-order valence-corrected chi connectivity index (χ3v) is 7.07. The van der Waals surface area contributed by atoms with Crippen LogP contribution in [0.15, 0.2) is 80.1 Å². The molecule has 0 fully saturated rings. The highest BCUT2D eigenvalue weighted by Crippen LogP contribution is 2.15. The van der Waals surface area contributed by atoms with Crippen LogP contribution in [0.5, 0.6) is 5.75 Å². The topological polar surface area (TPSA) is 173 Å². The number of ketones is 2. The molecule has 0 atom stereocenters. The third-order valence-electron chi connectivity index (χ3n) is 7.07. The Labute approximate surface area is 250 Å². The summed E-state index contributed by atoms with van der Waals surface area (Å²) in [4.78, 5) is 92.9. The van der Waals surface area contributed by atoms with Crippen molar-refractivity contribution in [3.05, 3.63) is 130 Å². The first-order valence-corrected chi connectivity index (χ1v) is 13.7. The number of aromatic nitrogens is 4. The molecule has 0 spiro atoms. The van der Waals surface area contributed by atoms with Gasteiger partial charge in [-0.15, -0.1) is 0 Å². The van der Waals surface area contributed by atoms with E-state index < -0.39 is 34.2 Å². The van der Waals surface area contributed by atoms with Crippen LogP contribution in [0.1, 0.15) is 48.6 Å². The molecule has 44 heavy (non-hydrogen) atoms. The summed E-state index contributed by atoms with van der Waals surface area (Å²) < 4.78 is 7.63. The van der Waals surface area contributed by atoms with E-state index in [0.717, 1.165) is 0 Å². The predicted molar refractivity (Wildman–Crippen MR) is 161 cm³/mol. The largest absolute Gasteiger partial charge is 0.497 e. The van der Waals surface area contributed by atoms with E-state index in [9.17, 15) is 33.6 Å². The van der Waals surface area contributed by atoms with E-state index in [2.05, 4.69) is 9.97 Å². The SMILES string of the molecule is COc1ccc(C(=O)CC(=O)c2ccc(C(=O)N(CCn3cc(C)c(=O)[nH]c3=O)CCn3cc(C)c(=O)[nH]c3=O)cc2)cc1. The molecule has 0 saturated carbocycles. The van der Waals surface area contributed by atoms with Crippen molar-refractivity contribution in [3.8, 4) is 5.75 Å². The fourth-order valence-corrected chi connectivity index (χ4v) is 4.45. The van der Waals surface area contributed by atoms with Crippen LogP contribution in [-0.2, 0) is 13.1 Å². The number of benzene rings is 2. The Hall–Kier alpha value is -5.59. The fourth-order valence-electron chi connectivity index (χ4n) is 4.45. The predicted octanol–water partition coefficient (Wildman–Crippen LogP) is 1.31. The Morgan fingerprint density at radius 3 is 1.52 bits per heavy atom. The standard InChI is InChI=1S/C31H31N5O8/c1-19-17-35(30(42)32-27(19)39)14-12-34(13-15-36-18-20(2)28(40)33-31(36)43)29(41)23-6-4-21(5-7-23)25(37)16-26(38)22-8-10-24(44-3)11-9-22/h4-11,17-18H,12-16H2,1-3H3,(H,32,39,42)(H,33,40,43). The highest BCUT2D eigenvalue weighted by molar-refractivity contribution is 6.13. The number of H-pyrrole nitrogens is 2. The summed E-state index contributed by atoms with van der Waals surface area (Å²) in [6.07, 6.45) is 2.44. The Morgan fingerprint density at radius 2 is 1.09 bits per heavy atom. The van der Waals surface area contributed by atoms with E-state index in [1.54, 1.807) is 38.1 Å². The van der Waals surface area contributed by atoms with Crippen molar-refractivity contribution in [1.82, 2.24) is 24.0 Å². The number of carbonyl (C=O) groups is 3. The van der Waals surface area contributed by atoms with Gasteiger partial charge in [0.15, 0.2) is 11.6 Å². The number of nitrogens with one attached hydrogen (secondary N) is 2. The molecule has 2 aromatic carbocycles. The van der Waals surface area contributed by atoms with Crippen LogP contribution in [0, 0.1) is 13.8 Å². The van der Waals surface area contributed by atoms with Crippen molar-refractivity contribution in [3.63, 3.8) is 0 Å². The second-order valence-electron chi connectivity index (χ2n) is 10.2. The molecule has 0 radical (unpaired) electrons. The Bertz CT molecular complexity index is 1860. The first-order chi connectivity index (χ1) is 21.0. The molecule has 0 saturated heterocycles. The Balaban J connectivity index is 1.51. The summed E-state index contributed by atoms with van der Waals surface area (Å²) in [5, 5.41) is 0. The highest BCUT2D eigenvalue weighted by Gasteiger charge is 2.19. The molecule has 0 aliphatic rings. The summed E-state index contributed by atoms with van der Waals surface area (Å²) in [5.41, 5.74) is -0.777. The van der Waals surface area contributed by atoms with Crippen LogP contribution in [0.25, 0.3) is 0 Å². The molecule has 0 aliphatic heterocycles. The number of ether oxygens (including phenoxy) is 1. The minimum Gasteiger partial charge on any atom is -0.497 e. The quantitative estimate of drug-likeness (QED) is 0.181. The van der Waals surface area contributed by atoms with E-state index in [0.29, 0.717) is 22.4 Å². The molecule has 0 unspecified atom stereocenters. The summed E-state index contributed by atoms with van der Waals surface area (Å²) >= 11 is 0. The number of aryl methyl sites for hydroxylation is 2. The number of Topliss-reactive ketones (excluding diaryl/α,β-unsaturated/α-hetero) is 2. The van der Waals surface area contributed by atoms with Gasteiger partial charge in [0.1, 0.15) is 5.75 Å². The Kier molecular flexibility index (Phi) is 9.68. The lowest BCUT2D eigenvalue weighted by atomic mass is 10.0. The van der Waals surface area contributed by atoms with Crippen molar-refractivity contribution < 1.29 is 19.1 Å². The summed E-state index contributed by atoms with van der Waals surface area (Å²) in [7, 11) is 1.51. The number of rotatable bonds is 12. The maximum absolute atomic E-state index is 13.6. The summed E-state index contributed by atoms with van der Waals surface area (Å²) in [5.74, 6) is -0.627. The summed E-state index contributed by atoms with van der Waals surface area (Å²) in [6.45, 7) is 3.28.